The number of hydrogen-bond donors (Lipinski definition) is 1. The van der Waals surface area contributed by atoms with Crippen LogP contribution in [0.3, 0.4) is 0 Å². The van der Waals surface area contributed by atoms with Gasteiger partial charge in [-0.15, -0.1) is 0 Å². The normalized spacial score (nSPS) is 21.0. The second kappa shape index (κ2) is 4.19. The molecule has 1 atom stereocenters. The highest BCUT2D eigenvalue weighted by atomic mass is 19.1. The monoisotopic (exact) mass is 208 g/mol. The van der Waals surface area contributed by atoms with Crippen LogP contribution in [-0.2, 0) is 0 Å². The molecule has 0 aromatic heterocycles. The van der Waals surface area contributed by atoms with Crippen molar-refractivity contribution in [2.75, 3.05) is 24.5 Å². The lowest BCUT2D eigenvalue weighted by Crippen LogP contribution is -2.22. The number of halogens is 1. The SMILES string of the molecule is Cc1cc(N2CCC(CN)C2)ccc1F. The minimum Gasteiger partial charge on any atom is -0.371 e. The summed E-state index contributed by atoms with van der Waals surface area (Å²) >= 11 is 0. The fourth-order valence-corrected chi connectivity index (χ4v) is 2.09. The quantitative estimate of drug-likeness (QED) is 0.804. The Balaban J connectivity index is 2.13. The number of nitrogens with two attached hydrogens (primary N) is 1. The molecule has 0 amide bonds. The second-order valence-electron chi connectivity index (χ2n) is 4.27. The lowest BCUT2D eigenvalue weighted by atomic mass is 10.1. The molecular formula is C12H17FN2. The molecule has 1 aromatic rings. The predicted molar refractivity (Wildman–Crippen MR) is 60.5 cm³/mol. The average molecular weight is 208 g/mol. The molecule has 1 aromatic carbocycles. The van der Waals surface area contributed by atoms with Gasteiger partial charge in [-0.1, -0.05) is 0 Å². The Hall–Kier alpha value is -1.09. The number of aryl methyl sites for hydroxylation is 1. The zero-order valence-electron chi connectivity index (χ0n) is 9.04. The van der Waals surface area contributed by atoms with E-state index in [2.05, 4.69) is 4.90 Å². The summed E-state index contributed by atoms with van der Waals surface area (Å²) in [4.78, 5) is 2.28. The summed E-state index contributed by atoms with van der Waals surface area (Å²) < 4.78 is 13.1. The fraction of sp³-hybridized carbons (Fsp3) is 0.500. The van der Waals surface area contributed by atoms with Gasteiger partial charge < -0.3 is 10.6 Å². The van der Waals surface area contributed by atoms with Crippen molar-refractivity contribution in [2.24, 2.45) is 11.7 Å². The van der Waals surface area contributed by atoms with E-state index in [1.54, 1.807) is 13.0 Å². The first kappa shape index (κ1) is 10.4. The molecule has 2 nitrogen and oxygen atoms in total. The van der Waals surface area contributed by atoms with E-state index in [9.17, 15) is 4.39 Å². The van der Waals surface area contributed by atoms with Crippen molar-refractivity contribution < 1.29 is 4.39 Å². The van der Waals surface area contributed by atoms with Crippen molar-refractivity contribution in [2.45, 2.75) is 13.3 Å². The molecule has 2 rings (SSSR count). The highest BCUT2D eigenvalue weighted by Gasteiger charge is 2.21. The van der Waals surface area contributed by atoms with Crippen molar-refractivity contribution in [3.63, 3.8) is 0 Å². The molecule has 1 unspecified atom stereocenters. The molecule has 1 aliphatic heterocycles. The summed E-state index contributed by atoms with van der Waals surface area (Å²) in [7, 11) is 0. The van der Waals surface area contributed by atoms with E-state index in [1.807, 2.05) is 12.1 Å². The van der Waals surface area contributed by atoms with Crippen LogP contribution < -0.4 is 10.6 Å². The van der Waals surface area contributed by atoms with E-state index in [0.717, 1.165) is 31.7 Å². The van der Waals surface area contributed by atoms with E-state index in [0.29, 0.717) is 11.5 Å². The topological polar surface area (TPSA) is 29.3 Å². The number of hydrogen-bond acceptors (Lipinski definition) is 2. The second-order valence-corrected chi connectivity index (χ2v) is 4.27. The Bertz CT molecular complexity index is 351. The number of rotatable bonds is 2. The zero-order valence-corrected chi connectivity index (χ0v) is 9.04. The summed E-state index contributed by atoms with van der Waals surface area (Å²) in [5.74, 6) is 0.462. The maximum absolute atomic E-state index is 13.1. The third kappa shape index (κ3) is 2.12. The van der Waals surface area contributed by atoms with Crippen LogP contribution in [0, 0.1) is 18.7 Å². The van der Waals surface area contributed by atoms with Gasteiger partial charge in [-0.2, -0.15) is 0 Å². The Labute approximate surface area is 89.9 Å². The van der Waals surface area contributed by atoms with Crippen molar-refractivity contribution in [3.8, 4) is 0 Å². The first-order chi connectivity index (χ1) is 7.20. The van der Waals surface area contributed by atoms with Crippen LogP contribution >= 0.6 is 0 Å². The van der Waals surface area contributed by atoms with E-state index in [-0.39, 0.29) is 5.82 Å². The van der Waals surface area contributed by atoms with Crippen LogP contribution in [0.4, 0.5) is 10.1 Å². The molecule has 1 saturated heterocycles. The molecule has 0 bridgehead atoms. The fourth-order valence-electron chi connectivity index (χ4n) is 2.09. The van der Waals surface area contributed by atoms with Crippen LogP contribution in [-0.4, -0.2) is 19.6 Å². The summed E-state index contributed by atoms with van der Waals surface area (Å²) in [6.45, 7) is 4.58. The molecule has 0 aliphatic carbocycles. The number of nitrogens with zero attached hydrogens (tertiary/aromatic N) is 1. The summed E-state index contributed by atoms with van der Waals surface area (Å²) in [5, 5.41) is 0. The molecule has 1 heterocycles. The van der Waals surface area contributed by atoms with Gasteiger partial charge in [0.1, 0.15) is 5.82 Å². The van der Waals surface area contributed by atoms with Crippen molar-refractivity contribution >= 4 is 5.69 Å². The minimum absolute atomic E-state index is 0.131. The van der Waals surface area contributed by atoms with Gasteiger partial charge in [-0.05, 0) is 49.6 Å². The predicted octanol–water partition coefficient (Wildman–Crippen LogP) is 1.92. The molecule has 15 heavy (non-hydrogen) atoms. The van der Waals surface area contributed by atoms with E-state index in [1.165, 1.54) is 0 Å². The van der Waals surface area contributed by atoms with Gasteiger partial charge in [0.15, 0.2) is 0 Å². The molecule has 3 heteroatoms. The third-order valence-electron chi connectivity index (χ3n) is 3.13. The molecule has 2 N–H and O–H groups in total. The maximum Gasteiger partial charge on any atom is 0.126 e. The van der Waals surface area contributed by atoms with Crippen LogP contribution in [0.15, 0.2) is 18.2 Å². The summed E-state index contributed by atoms with van der Waals surface area (Å²) in [6, 6.07) is 5.30. The first-order valence-corrected chi connectivity index (χ1v) is 5.42. The standard InChI is InChI=1S/C12H17FN2/c1-9-6-11(2-3-12(9)13)15-5-4-10(7-14)8-15/h2-3,6,10H,4-5,7-8,14H2,1H3. The Morgan fingerprint density at radius 2 is 2.33 bits per heavy atom. The first-order valence-electron chi connectivity index (χ1n) is 5.42. The highest BCUT2D eigenvalue weighted by molar-refractivity contribution is 5.49. The van der Waals surface area contributed by atoms with Gasteiger partial charge >= 0.3 is 0 Å². The van der Waals surface area contributed by atoms with Gasteiger partial charge in [0, 0.05) is 18.8 Å². The van der Waals surface area contributed by atoms with Crippen LogP contribution in [0.5, 0.6) is 0 Å². The largest absolute Gasteiger partial charge is 0.371 e. The van der Waals surface area contributed by atoms with Gasteiger partial charge in [-0.3, -0.25) is 0 Å². The zero-order chi connectivity index (χ0) is 10.8. The van der Waals surface area contributed by atoms with E-state index >= 15 is 0 Å². The van der Waals surface area contributed by atoms with Gasteiger partial charge in [0.05, 0.1) is 0 Å². The van der Waals surface area contributed by atoms with Crippen molar-refractivity contribution in [3.05, 3.63) is 29.6 Å². The third-order valence-corrected chi connectivity index (χ3v) is 3.13. The Morgan fingerprint density at radius 3 is 2.93 bits per heavy atom. The van der Waals surface area contributed by atoms with Crippen LogP contribution in [0.2, 0.25) is 0 Å². The lowest BCUT2D eigenvalue weighted by Gasteiger charge is -2.19. The number of benzene rings is 1. The summed E-state index contributed by atoms with van der Waals surface area (Å²) in [6.07, 6.45) is 1.15. The van der Waals surface area contributed by atoms with Gasteiger partial charge in [-0.25, -0.2) is 4.39 Å². The molecule has 82 valence electrons. The van der Waals surface area contributed by atoms with E-state index in [4.69, 9.17) is 5.73 Å². The van der Waals surface area contributed by atoms with Crippen LogP contribution in [0.25, 0.3) is 0 Å². The average Bonchev–Trinajstić information content (AvgIpc) is 2.70. The molecule has 1 aliphatic rings. The van der Waals surface area contributed by atoms with Gasteiger partial charge in [0.2, 0.25) is 0 Å². The van der Waals surface area contributed by atoms with Crippen LogP contribution in [0.1, 0.15) is 12.0 Å². The molecule has 1 fully saturated rings. The van der Waals surface area contributed by atoms with E-state index < -0.39 is 0 Å². The van der Waals surface area contributed by atoms with Crippen molar-refractivity contribution in [1.29, 1.82) is 0 Å². The Morgan fingerprint density at radius 1 is 1.53 bits per heavy atom. The summed E-state index contributed by atoms with van der Waals surface area (Å²) in [5.41, 5.74) is 7.47. The van der Waals surface area contributed by atoms with Crippen molar-refractivity contribution in [1.82, 2.24) is 0 Å². The smallest absolute Gasteiger partial charge is 0.126 e. The molecule has 0 spiro atoms. The highest BCUT2D eigenvalue weighted by Crippen LogP contribution is 2.24. The molecule has 0 radical (unpaired) electrons. The maximum atomic E-state index is 13.1. The minimum atomic E-state index is -0.131. The lowest BCUT2D eigenvalue weighted by molar-refractivity contribution is 0.602. The Kier molecular flexibility index (Phi) is 2.91. The molecular weight excluding hydrogens is 191 g/mol. The molecule has 0 saturated carbocycles. The number of anilines is 1. The van der Waals surface area contributed by atoms with Gasteiger partial charge in [0.25, 0.3) is 0 Å².